The van der Waals surface area contributed by atoms with Crippen molar-refractivity contribution >= 4 is 11.9 Å². The predicted molar refractivity (Wildman–Crippen MR) is 70.5 cm³/mol. The van der Waals surface area contributed by atoms with Crippen LogP contribution < -0.4 is 0 Å². The first kappa shape index (κ1) is 11.7. The summed E-state index contributed by atoms with van der Waals surface area (Å²) in [4.78, 5) is 12.2. The molecule has 3 heteroatoms. The summed E-state index contributed by atoms with van der Waals surface area (Å²) in [5, 5.41) is 9.41. The molecule has 2 nitrogen and oxygen atoms in total. The van der Waals surface area contributed by atoms with E-state index in [4.69, 9.17) is 0 Å². The predicted octanol–water partition coefficient (Wildman–Crippen LogP) is 3.35. The number of rotatable bonds is 1. The Bertz CT molecular complexity index is 702. The molecule has 0 atom stereocenters. The highest BCUT2D eigenvalue weighted by Crippen LogP contribution is 2.30. The summed E-state index contributed by atoms with van der Waals surface area (Å²) in [5.41, 5.74) is 2.71. The Morgan fingerprint density at radius 1 is 1.16 bits per heavy atom. The molecular weight excluding hydrogens is 243 g/mol. The Morgan fingerprint density at radius 2 is 2.00 bits per heavy atom. The van der Waals surface area contributed by atoms with Crippen LogP contribution in [0.25, 0.3) is 6.08 Å². The van der Waals surface area contributed by atoms with Gasteiger partial charge in [-0.2, -0.15) is 0 Å². The Kier molecular flexibility index (Phi) is 2.67. The third-order valence-corrected chi connectivity index (χ3v) is 3.20. The van der Waals surface area contributed by atoms with E-state index in [1.54, 1.807) is 30.3 Å². The van der Waals surface area contributed by atoms with Gasteiger partial charge in [0, 0.05) is 17.6 Å². The number of hydrogen-bond acceptors (Lipinski definition) is 2. The van der Waals surface area contributed by atoms with E-state index in [1.165, 1.54) is 18.2 Å². The van der Waals surface area contributed by atoms with Gasteiger partial charge in [0.2, 0.25) is 0 Å². The average molecular weight is 254 g/mol. The van der Waals surface area contributed by atoms with Crippen LogP contribution in [0.4, 0.5) is 4.39 Å². The van der Waals surface area contributed by atoms with E-state index >= 15 is 0 Å². The van der Waals surface area contributed by atoms with Gasteiger partial charge in [-0.1, -0.05) is 12.1 Å². The highest BCUT2D eigenvalue weighted by atomic mass is 19.1. The molecule has 0 radical (unpaired) electrons. The van der Waals surface area contributed by atoms with Crippen molar-refractivity contribution in [1.82, 2.24) is 0 Å². The molecule has 0 unspecified atom stereocenters. The number of fused-ring (bicyclic) bond motifs is 1. The van der Waals surface area contributed by atoms with Crippen molar-refractivity contribution in [3.8, 4) is 5.75 Å². The summed E-state index contributed by atoms with van der Waals surface area (Å²) in [6, 6.07) is 10.8. The monoisotopic (exact) mass is 254 g/mol. The molecule has 0 saturated carbocycles. The van der Waals surface area contributed by atoms with Gasteiger partial charge in [-0.05, 0) is 47.5 Å². The fourth-order valence-corrected chi connectivity index (χ4v) is 2.32. The number of carbonyl (C=O) groups is 1. The molecular formula is C16H11FO2. The number of phenolic OH excluding ortho intramolecular Hbond substituents is 1. The SMILES string of the molecule is O=C1/C(=C/c2cccc(F)c2)Cc2cc(O)ccc21. The van der Waals surface area contributed by atoms with Crippen LogP contribution in [-0.2, 0) is 6.42 Å². The van der Waals surface area contributed by atoms with E-state index in [9.17, 15) is 14.3 Å². The number of Topliss-reactive ketones (excluding diaryl/α,β-unsaturated/α-hetero) is 1. The van der Waals surface area contributed by atoms with Crippen molar-refractivity contribution in [3.63, 3.8) is 0 Å². The molecule has 94 valence electrons. The Labute approximate surface area is 109 Å². The summed E-state index contributed by atoms with van der Waals surface area (Å²) in [6.07, 6.45) is 2.17. The van der Waals surface area contributed by atoms with Gasteiger partial charge in [-0.3, -0.25) is 4.79 Å². The molecule has 0 spiro atoms. The summed E-state index contributed by atoms with van der Waals surface area (Å²) < 4.78 is 13.1. The number of ketones is 1. The topological polar surface area (TPSA) is 37.3 Å². The Balaban J connectivity index is 1.99. The smallest absolute Gasteiger partial charge is 0.189 e. The van der Waals surface area contributed by atoms with E-state index in [0.29, 0.717) is 23.1 Å². The van der Waals surface area contributed by atoms with Gasteiger partial charge in [0.05, 0.1) is 0 Å². The molecule has 0 amide bonds. The molecule has 0 bridgehead atoms. The molecule has 0 aliphatic heterocycles. The maximum Gasteiger partial charge on any atom is 0.189 e. The Morgan fingerprint density at radius 3 is 2.79 bits per heavy atom. The molecule has 3 rings (SSSR count). The van der Waals surface area contributed by atoms with Crippen LogP contribution in [0.5, 0.6) is 5.75 Å². The Hall–Kier alpha value is -2.42. The summed E-state index contributed by atoms with van der Waals surface area (Å²) in [7, 11) is 0. The van der Waals surface area contributed by atoms with Gasteiger partial charge in [-0.25, -0.2) is 4.39 Å². The van der Waals surface area contributed by atoms with E-state index in [2.05, 4.69) is 0 Å². The first-order valence-electron chi connectivity index (χ1n) is 5.96. The summed E-state index contributed by atoms with van der Waals surface area (Å²) in [5.74, 6) is -0.229. The van der Waals surface area contributed by atoms with Crippen molar-refractivity contribution in [2.45, 2.75) is 6.42 Å². The van der Waals surface area contributed by atoms with Crippen LogP contribution in [-0.4, -0.2) is 10.9 Å². The molecule has 19 heavy (non-hydrogen) atoms. The zero-order chi connectivity index (χ0) is 13.4. The molecule has 2 aromatic rings. The second-order valence-corrected chi connectivity index (χ2v) is 4.57. The molecule has 1 N–H and O–H groups in total. The van der Waals surface area contributed by atoms with Gasteiger partial charge in [0.1, 0.15) is 11.6 Å². The number of aromatic hydroxyl groups is 1. The molecule has 2 aromatic carbocycles. The maximum absolute atomic E-state index is 13.1. The molecule has 0 fully saturated rings. The van der Waals surface area contributed by atoms with E-state index in [-0.39, 0.29) is 17.3 Å². The minimum absolute atomic E-state index is 0.0562. The molecule has 0 aromatic heterocycles. The quantitative estimate of drug-likeness (QED) is 0.792. The number of hydrogen-bond donors (Lipinski definition) is 1. The zero-order valence-electron chi connectivity index (χ0n) is 10.1. The third-order valence-electron chi connectivity index (χ3n) is 3.20. The van der Waals surface area contributed by atoms with Crippen LogP contribution in [0.15, 0.2) is 48.0 Å². The number of phenols is 1. The van der Waals surface area contributed by atoms with Gasteiger partial charge < -0.3 is 5.11 Å². The van der Waals surface area contributed by atoms with Crippen LogP contribution in [0.3, 0.4) is 0 Å². The third kappa shape index (κ3) is 2.15. The lowest BCUT2D eigenvalue weighted by molar-refractivity contribution is 0.104. The molecule has 1 aliphatic carbocycles. The minimum Gasteiger partial charge on any atom is -0.508 e. The second-order valence-electron chi connectivity index (χ2n) is 4.57. The lowest BCUT2D eigenvalue weighted by atomic mass is 10.1. The van der Waals surface area contributed by atoms with Crippen molar-refractivity contribution in [2.24, 2.45) is 0 Å². The van der Waals surface area contributed by atoms with Crippen molar-refractivity contribution < 1.29 is 14.3 Å². The maximum atomic E-state index is 13.1. The van der Waals surface area contributed by atoms with E-state index in [0.717, 1.165) is 5.56 Å². The second kappa shape index (κ2) is 4.35. The van der Waals surface area contributed by atoms with E-state index in [1.807, 2.05) is 0 Å². The van der Waals surface area contributed by atoms with E-state index < -0.39 is 0 Å². The molecule has 0 saturated heterocycles. The fraction of sp³-hybridized carbons (Fsp3) is 0.0625. The highest BCUT2D eigenvalue weighted by molar-refractivity contribution is 6.15. The lowest BCUT2D eigenvalue weighted by Crippen LogP contribution is -1.95. The summed E-state index contributed by atoms with van der Waals surface area (Å²) >= 11 is 0. The number of allylic oxidation sites excluding steroid dienone is 1. The van der Waals surface area contributed by atoms with Crippen LogP contribution >= 0.6 is 0 Å². The van der Waals surface area contributed by atoms with Gasteiger partial charge in [0.25, 0.3) is 0 Å². The first-order chi connectivity index (χ1) is 9.13. The van der Waals surface area contributed by atoms with Crippen LogP contribution in [0.1, 0.15) is 21.5 Å². The minimum atomic E-state index is -0.324. The highest BCUT2D eigenvalue weighted by Gasteiger charge is 2.24. The number of carbonyl (C=O) groups excluding carboxylic acids is 1. The van der Waals surface area contributed by atoms with Crippen molar-refractivity contribution in [3.05, 3.63) is 70.5 Å². The number of benzene rings is 2. The van der Waals surface area contributed by atoms with Crippen molar-refractivity contribution in [2.75, 3.05) is 0 Å². The standard InChI is InChI=1S/C16H11FO2/c17-13-3-1-2-10(7-13)6-12-8-11-9-14(18)4-5-15(11)16(12)19/h1-7,9,18H,8H2/b12-6+. The molecule has 0 heterocycles. The van der Waals surface area contributed by atoms with Crippen molar-refractivity contribution in [1.29, 1.82) is 0 Å². The van der Waals surface area contributed by atoms with Crippen LogP contribution in [0.2, 0.25) is 0 Å². The first-order valence-corrected chi connectivity index (χ1v) is 5.96. The van der Waals surface area contributed by atoms with Gasteiger partial charge in [-0.15, -0.1) is 0 Å². The van der Waals surface area contributed by atoms with Gasteiger partial charge in [0.15, 0.2) is 5.78 Å². The molecule has 1 aliphatic rings. The lowest BCUT2D eigenvalue weighted by Gasteiger charge is -1.97. The van der Waals surface area contributed by atoms with Crippen LogP contribution in [0, 0.1) is 5.82 Å². The average Bonchev–Trinajstić information content (AvgIpc) is 2.66. The largest absolute Gasteiger partial charge is 0.508 e. The normalized spacial score (nSPS) is 15.8. The van der Waals surface area contributed by atoms with Gasteiger partial charge >= 0.3 is 0 Å². The zero-order valence-corrected chi connectivity index (χ0v) is 10.1. The fourth-order valence-electron chi connectivity index (χ4n) is 2.32. The summed E-state index contributed by atoms with van der Waals surface area (Å²) in [6.45, 7) is 0. The number of halogens is 1.